The monoisotopic (exact) mass is 429 g/mol. The average Bonchev–Trinajstić information content (AvgIpc) is 3.32. The van der Waals surface area contributed by atoms with E-state index in [1.807, 2.05) is 13.0 Å². The van der Waals surface area contributed by atoms with Gasteiger partial charge in [-0.15, -0.1) is 0 Å². The van der Waals surface area contributed by atoms with Crippen molar-refractivity contribution in [2.24, 2.45) is 0 Å². The first-order valence-corrected chi connectivity index (χ1v) is 10.3. The van der Waals surface area contributed by atoms with E-state index in [2.05, 4.69) is 25.4 Å². The highest BCUT2D eigenvalue weighted by atomic mass is 32.2. The third kappa shape index (κ3) is 3.62. The van der Waals surface area contributed by atoms with Gasteiger partial charge in [-0.05, 0) is 25.1 Å². The Kier molecular flexibility index (Phi) is 4.96. The average molecular weight is 429 g/mol. The van der Waals surface area contributed by atoms with Crippen LogP contribution in [0.1, 0.15) is 5.69 Å². The van der Waals surface area contributed by atoms with Crippen LogP contribution in [0.15, 0.2) is 51.9 Å². The van der Waals surface area contributed by atoms with Gasteiger partial charge in [-0.2, -0.15) is 5.10 Å². The van der Waals surface area contributed by atoms with Crippen molar-refractivity contribution in [2.45, 2.75) is 11.8 Å². The fourth-order valence-electron chi connectivity index (χ4n) is 2.95. The lowest BCUT2D eigenvalue weighted by Crippen LogP contribution is -2.14. The zero-order valence-electron chi connectivity index (χ0n) is 16.4. The van der Waals surface area contributed by atoms with E-state index >= 15 is 0 Å². The maximum Gasteiger partial charge on any atom is 0.266 e. The molecule has 4 aromatic rings. The van der Waals surface area contributed by atoms with Crippen molar-refractivity contribution in [3.05, 3.63) is 48.2 Å². The van der Waals surface area contributed by atoms with Crippen LogP contribution in [0, 0.1) is 6.92 Å². The number of anilines is 3. The molecule has 11 heteroatoms. The number of sulfonamides is 1. The highest BCUT2D eigenvalue weighted by Gasteiger charge is 2.23. The first-order valence-electron chi connectivity index (χ1n) is 8.83. The molecule has 0 aliphatic rings. The molecule has 30 heavy (non-hydrogen) atoms. The van der Waals surface area contributed by atoms with Crippen LogP contribution in [0.4, 0.5) is 17.3 Å². The molecule has 0 bridgehead atoms. The zero-order valence-corrected chi connectivity index (χ0v) is 17.2. The lowest BCUT2D eigenvalue weighted by atomic mass is 10.2. The van der Waals surface area contributed by atoms with Crippen LogP contribution in [0.3, 0.4) is 0 Å². The lowest BCUT2D eigenvalue weighted by Gasteiger charge is -2.11. The summed E-state index contributed by atoms with van der Waals surface area (Å²) < 4.78 is 44.1. The molecule has 2 aromatic carbocycles. The van der Waals surface area contributed by atoms with E-state index in [4.69, 9.17) is 14.0 Å². The van der Waals surface area contributed by atoms with Crippen molar-refractivity contribution in [2.75, 3.05) is 24.3 Å². The Morgan fingerprint density at radius 3 is 2.53 bits per heavy atom. The maximum atomic E-state index is 12.9. The molecule has 3 N–H and O–H groups in total. The van der Waals surface area contributed by atoms with E-state index in [0.717, 1.165) is 5.69 Å². The number of hydrogen-bond donors (Lipinski definition) is 3. The number of benzene rings is 2. The van der Waals surface area contributed by atoms with Crippen molar-refractivity contribution < 1.29 is 22.4 Å². The maximum absolute atomic E-state index is 12.9. The fourth-order valence-corrected chi connectivity index (χ4v) is 4.13. The van der Waals surface area contributed by atoms with E-state index in [1.165, 1.54) is 20.3 Å². The summed E-state index contributed by atoms with van der Waals surface area (Å²) in [6, 6.07) is 11.4. The van der Waals surface area contributed by atoms with Gasteiger partial charge in [0.2, 0.25) is 0 Å². The number of ether oxygens (including phenoxy) is 2. The minimum absolute atomic E-state index is 0.0113. The molecule has 4 rings (SSSR count). The van der Waals surface area contributed by atoms with Gasteiger partial charge in [0.05, 0.1) is 25.3 Å². The second-order valence-electron chi connectivity index (χ2n) is 6.40. The van der Waals surface area contributed by atoms with Crippen molar-refractivity contribution in [1.29, 1.82) is 0 Å². The summed E-state index contributed by atoms with van der Waals surface area (Å²) in [5.41, 5.74) is 1.85. The van der Waals surface area contributed by atoms with E-state index < -0.39 is 10.0 Å². The van der Waals surface area contributed by atoms with E-state index in [-0.39, 0.29) is 16.5 Å². The van der Waals surface area contributed by atoms with Crippen LogP contribution in [0.25, 0.3) is 11.0 Å². The normalized spacial score (nSPS) is 11.4. The Hall–Kier alpha value is -3.73. The van der Waals surface area contributed by atoms with Gasteiger partial charge < -0.3 is 19.3 Å². The number of aromatic nitrogens is 3. The summed E-state index contributed by atoms with van der Waals surface area (Å²) in [4.78, 5) is -0.0113. The van der Waals surface area contributed by atoms with Gasteiger partial charge in [-0.25, -0.2) is 8.42 Å². The Bertz CT molecular complexity index is 1310. The molecule has 0 spiro atoms. The molecule has 0 saturated heterocycles. The van der Waals surface area contributed by atoms with E-state index in [1.54, 1.807) is 30.3 Å². The van der Waals surface area contributed by atoms with Gasteiger partial charge in [-0.1, -0.05) is 17.3 Å². The number of aryl methyl sites for hydroxylation is 1. The predicted molar refractivity (Wildman–Crippen MR) is 111 cm³/mol. The van der Waals surface area contributed by atoms with Crippen molar-refractivity contribution >= 4 is 38.3 Å². The van der Waals surface area contributed by atoms with Gasteiger partial charge in [-0.3, -0.25) is 9.82 Å². The van der Waals surface area contributed by atoms with Crippen LogP contribution >= 0.6 is 0 Å². The molecular formula is C19H19N5O5S. The van der Waals surface area contributed by atoms with Gasteiger partial charge in [0, 0.05) is 17.8 Å². The summed E-state index contributed by atoms with van der Waals surface area (Å²) in [5, 5.41) is 14.4. The summed E-state index contributed by atoms with van der Waals surface area (Å²) in [5.74, 6) is 1.32. The van der Waals surface area contributed by atoms with Gasteiger partial charge in [0.25, 0.3) is 10.0 Å². The molecule has 0 aliphatic carbocycles. The van der Waals surface area contributed by atoms with E-state index in [9.17, 15) is 8.42 Å². The van der Waals surface area contributed by atoms with Crippen LogP contribution < -0.4 is 19.5 Å². The fraction of sp³-hybridized carbons (Fsp3) is 0.158. The van der Waals surface area contributed by atoms with Crippen LogP contribution in [-0.2, 0) is 10.0 Å². The number of nitrogens with one attached hydrogen (secondary N) is 3. The van der Waals surface area contributed by atoms with Crippen LogP contribution in [0.2, 0.25) is 0 Å². The van der Waals surface area contributed by atoms with E-state index in [0.29, 0.717) is 28.2 Å². The van der Waals surface area contributed by atoms with Crippen molar-refractivity contribution in [3.63, 3.8) is 0 Å². The van der Waals surface area contributed by atoms with Gasteiger partial charge in [0.15, 0.2) is 17.2 Å². The standard InChI is InChI=1S/C19H19N5O5S/c1-11-8-18(22-21-11)20-13-10-15-12(9-16(13)28-3)19(23-29-15)24-30(25,26)17-7-5-4-6-14(17)27-2/h4-10H,1-3H3,(H,23,24)(H2,20,21,22). The largest absolute Gasteiger partial charge is 0.495 e. The first kappa shape index (κ1) is 19.6. The Balaban J connectivity index is 1.71. The summed E-state index contributed by atoms with van der Waals surface area (Å²) in [7, 11) is -1.05. The Morgan fingerprint density at radius 2 is 1.83 bits per heavy atom. The Morgan fingerprint density at radius 1 is 1.07 bits per heavy atom. The summed E-state index contributed by atoms with van der Waals surface area (Å²) in [6.45, 7) is 1.88. The van der Waals surface area contributed by atoms with Crippen LogP contribution in [-0.4, -0.2) is 38.0 Å². The molecule has 0 fully saturated rings. The summed E-state index contributed by atoms with van der Waals surface area (Å²) in [6.07, 6.45) is 0. The number of rotatable bonds is 7. The SMILES string of the molecule is COc1cc2c(NS(=O)(=O)c3ccccc3OC)noc2cc1Nc1cc(C)[nH]n1. The van der Waals surface area contributed by atoms with Crippen molar-refractivity contribution in [1.82, 2.24) is 15.4 Å². The number of hydrogen-bond acceptors (Lipinski definition) is 8. The van der Waals surface area contributed by atoms with Gasteiger partial charge >= 0.3 is 0 Å². The minimum Gasteiger partial charge on any atom is -0.495 e. The molecule has 0 unspecified atom stereocenters. The third-order valence-corrected chi connectivity index (χ3v) is 5.73. The number of fused-ring (bicyclic) bond motifs is 1. The molecule has 2 aromatic heterocycles. The lowest BCUT2D eigenvalue weighted by molar-refractivity contribution is 0.403. The molecule has 2 heterocycles. The quantitative estimate of drug-likeness (QED) is 0.407. The number of aromatic amines is 1. The predicted octanol–water partition coefficient (Wildman–Crippen LogP) is 3.42. The highest BCUT2D eigenvalue weighted by Crippen LogP contribution is 2.36. The van der Waals surface area contributed by atoms with Crippen LogP contribution in [0.5, 0.6) is 11.5 Å². The summed E-state index contributed by atoms with van der Waals surface area (Å²) >= 11 is 0. The van der Waals surface area contributed by atoms with Crippen molar-refractivity contribution in [3.8, 4) is 11.5 Å². The smallest absolute Gasteiger partial charge is 0.266 e. The molecule has 0 saturated carbocycles. The number of nitrogens with zero attached hydrogens (tertiary/aromatic N) is 2. The second-order valence-corrected chi connectivity index (χ2v) is 8.05. The number of para-hydroxylation sites is 1. The minimum atomic E-state index is -3.96. The molecule has 0 aliphatic heterocycles. The first-order chi connectivity index (χ1) is 14.4. The molecule has 0 amide bonds. The zero-order chi connectivity index (χ0) is 21.3. The molecule has 0 atom stereocenters. The molecular weight excluding hydrogens is 410 g/mol. The number of H-pyrrole nitrogens is 1. The molecule has 156 valence electrons. The second kappa shape index (κ2) is 7.59. The topological polar surface area (TPSA) is 131 Å². The third-order valence-electron chi connectivity index (χ3n) is 4.35. The van der Waals surface area contributed by atoms with Gasteiger partial charge in [0.1, 0.15) is 16.4 Å². The highest BCUT2D eigenvalue weighted by molar-refractivity contribution is 7.92. The Labute approximate surface area is 172 Å². The number of methoxy groups -OCH3 is 2. The molecule has 10 nitrogen and oxygen atoms in total. The molecule has 0 radical (unpaired) electrons.